The van der Waals surface area contributed by atoms with Gasteiger partial charge in [-0.05, 0) is 23.8 Å². The molecule has 0 unspecified atom stereocenters. The van der Waals surface area contributed by atoms with Gasteiger partial charge < -0.3 is 0 Å². The van der Waals surface area contributed by atoms with Crippen molar-refractivity contribution < 1.29 is 0 Å². The Kier molecular flexibility index (Phi) is 5.41. The number of hydrogen-bond acceptors (Lipinski definition) is 3. The van der Waals surface area contributed by atoms with Crippen molar-refractivity contribution in [2.75, 3.05) is 12.3 Å². The van der Waals surface area contributed by atoms with E-state index in [0.717, 1.165) is 18.7 Å². The van der Waals surface area contributed by atoms with E-state index < -0.39 is 0 Å². The highest BCUT2D eigenvalue weighted by Crippen LogP contribution is 2.32. The van der Waals surface area contributed by atoms with E-state index in [1.54, 1.807) is 11.8 Å². The van der Waals surface area contributed by atoms with Gasteiger partial charge in [-0.3, -0.25) is 4.99 Å². The van der Waals surface area contributed by atoms with E-state index in [9.17, 15) is 0 Å². The Morgan fingerprint density at radius 3 is 3.14 bits per heavy atom. The lowest BCUT2D eigenvalue weighted by molar-refractivity contribution is 0.665. The Balaban J connectivity index is 2.57. The van der Waals surface area contributed by atoms with E-state index in [0.29, 0.717) is 5.92 Å². The summed E-state index contributed by atoms with van der Waals surface area (Å²) in [7, 11) is 0. The maximum atomic E-state index is 4.59. The van der Waals surface area contributed by atoms with Crippen molar-refractivity contribution >= 4 is 29.2 Å². The predicted octanol–water partition coefficient (Wildman–Crippen LogP) is 3.94. The molecule has 0 fully saturated rings. The number of aliphatic imine (C=N–C) groups is 1. The van der Waals surface area contributed by atoms with E-state index in [-0.39, 0.29) is 0 Å². The first-order chi connectivity index (χ1) is 6.72. The molecule has 0 atom stereocenters. The van der Waals surface area contributed by atoms with Gasteiger partial charge in [0, 0.05) is 22.2 Å². The molecule has 0 aromatic carbocycles. The minimum atomic E-state index is 0.654. The second-order valence-electron chi connectivity index (χ2n) is 3.57. The van der Waals surface area contributed by atoms with Crippen molar-refractivity contribution in [1.29, 1.82) is 0 Å². The van der Waals surface area contributed by atoms with E-state index in [1.165, 1.54) is 9.95 Å². The molecule has 0 amide bonds. The fourth-order valence-electron chi connectivity index (χ4n) is 1.08. The molecule has 14 heavy (non-hydrogen) atoms. The molecule has 1 nitrogen and oxygen atoms in total. The highest BCUT2D eigenvalue weighted by Gasteiger charge is 2.08. The molecule has 1 aliphatic rings. The third kappa shape index (κ3) is 4.38. The van der Waals surface area contributed by atoms with Crippen LogP contribution in [-0.4, -0.2) is 18.0 Å². The average Bonchev–Trinajstić information content (AvgIpc) is 2.16. The molecule has 0 bridgehead atoms. The number of rotatable bonds is 4. The average molecular weight is 227 g/mol. The summed E-state index contributed by atoms with van der Waals surface area (Å²) in [5.41, 5.74) is 1.25. The highest BCUT2D eigenvalue weighted by atomic mass is 32.2. The van der Waals surface area contributed by atoms with Gasteiger partial charge in [0.1, 0.15) is 0 Å². The van der Waals surface area contributed by atoms with Crippen molar-refractivity contribution in [2.24, 2.45) is 10.9 Å². The number of nitrogens with zero attached hydrogens (tertiary/aromatic N) is 1. The van der Waals surface area contributed by atoms with E-state index in [2.05, 4.69) is 31.5 Å². The van der Waals surface area contributed by atoms with Crippen LogP contribution >= 0.6 is 23.5 Å². The Labute approximate surface area is 95.1 Å². The first-order valence-electron chi connectivity index (χ1n) is 4.87. The van der Waals surface area contributed by atoms with Crippen LogP contribution in [0.1, 0.15) is 20.3 Å². The van der Waals surface area contributed by atoms with Crippen molar-refractivity contribution in [2.45, 2.75) is 20.3 Å². The summed E-state index contributed by atoms with van der Waals surface area (Å²) in [6.45, 7) is 9.07. The lowest BCUT2D eigenvalue weighted by Gasteiger charge is -2.12. The van der Waals surface area contributed by atoms with E-state index >= 15 is 0 Å². The summed E-state index contributed by atoms with van der Waals surface area (Å²) in [5.74, 6) is 1.81. The maximum Gasteiger partial charge on any atom is 0.0461 e. The first kappa shape index (κ1) is 11.9. The molecule has 0 aromatic rings. The lowest BCUT2D eigenvalue weighted by Crippen LogP contribution is -2.05. The molecule has 0 N–H and O–H groups in total. The molecule has 1 heterocycles. The van der Waals surface area contributed by atoms with Crippen LogP contribution in [0, 0.1) is 5.92 Å². The predicted molar refractivity (Wildman–Crippen MR) is 70.1 cm³/mol. The fourth-order valence-corrected chi connectivity index (χ4v) is 2.91. The first-order valence-corrected chi connectivity index (χ1v) is 6.74. The standard InChI is InChI=1S/C11H17NS2/c1-4-13-11-7-10(5-6-14-11)12-8-9(2)3/h4,7,9H,1,5-6,8H2,2-3H3. The van der Waals surface area contributed by atoms with Gasteiger partial charge in [0.05, 0.1) is 0 Å². The summed E-state index contributed by atoms with van der Waals surface area (Å²) in [5, 5.41) is 1.88. The third-order valence-corrected chi connectivity index (χ3v) is 3.72. The van der Waals surface area contributed by atoms with Gasteiger partial charge >= 0.3 is 0 Å². The molecule has 0 aromatic heterocycles. The lowest BCUT2D eigenvalue weighted by atomic mass is 10.2. The molecule has 0 spiro atoms. The molecule has 0 saturated carbocycles. The zero-order chi connectivity index (χ0) is 10.4. The molecular formula is C11H17NS2. The molecule has 0 saturated heterocycles. The largest absolute Gasteiger partial charge is 0.289 e. The number of thioether (sulfide) groups is 2. The minimum absolute atomic E-state index is 0.654. The van der Waals surface area contributed by atoms with Crippen LogP contribution in [0.25, 0.3) is 0 Å². The topological polar surface area (TPSA) is 12.4 Å². The molecular weight excluding hydrogens is 210 g/mol. The monoisotopic (exact) mass is 227 g/mol. The van der Waals surface area contributed by atoms with Crippen molar-refractivity contribution in [3.05, 3.63) is 22.3 Å². The zero-order valence-electron chi connectivity index (χ0n) is 8.82. The minimum Gasteiger partial charge on any atom is -0.289 e. The normalized spacial score (nSPS) is 19.9. The number of allylic oxidation sites excluding steroid dienone is 1. The van der Waals surface area contributed by atoms with Crippen LogP contribution in [0.2, 0.25) is 0 Å². The van der Waals surface area contributed by atoms with Crippen LogP contribution in [0.15, 0.2) is 27.3 Å². The van der Waals surface area contributed by atoms with Gasteiger partial charge in [0.2, 0.25) is 0 Å². The van der Waals surface area contributed by atoms with Gasteiger partial charge in [0.25, 0.3) is 0 Å². The summed E-state index contributed by atoms with van der Waals surface area (Å²) in [6.07, 6.45) is 3.31. The van der Waals surface area contributed by atoms with E-state index in [4.69, 9.17) is 0 Å². The van der Waals surface area contributed by atoms with Crippen molar-refractivity contribution in [3.8, 4) is 0 Å². The summed E-state index contributed by atoms with van der Waals surface area (Å²) in [6, 6.07) is 0. The summed E-state index contributed by atoms with van der Waals surface area (Å²) in [4.78, 5) is 4.59. The SMILES string of the molecule is C=CSC1=CC(=NCC(C)C)CCS1. The summed E-state index contributed by atoms with van der Waals surface area (Å²) >= 11 is 3.60. The fraction of sp³-hybridized carbons (Fsp3) is 0.545. The van der Waals surface area contributed by atoms with Gasteiger partial charge in [-0.15, -0.1) is 11.8 Å². The summed E-state index contributed by atoms with van der Waals surface area (Å²) < 4.78 is 1.33. The maximum absolute atomic E-state index is 4.59. The molecule has 0 radical (unpaired) electrons. The van der Waals surface area contributed by atoms with Crippen LogP contribution in [-0.2, 0) is 0 Å². The van der Waals surface area contributed by atoms with Crippen LogP contribution in [0.3, 0.4) is 0 Å². The molecule has 1 aliphatic heterocycles. The molecule has 0 aliphatic carbocycles. The smallest absolute Gasteiger partial charge is 0.0461 e. The number of hydrogen-bond donors (Lipinski definition) is 0. The second-order valence-corrected chi connectivity index (χ2v) is 5.98. The molecule has 78 valence electrons. The van der Waals surface area contributed by atoms with Crippen molar-refractivity contribution in [1.82, 2.24) is 0 Å². The van der Waals surface area contributed by atoms with E-state index in [1.807, 2.05) is 17.2 Å². The Hall–Kier alpha value is -0.150. The third-order valence-electron chi connectivity index (χ3n) is 1.75. The van der Waals surface area contributed by atoms with Gasteiger partial charge in [-0.2, -0.15) is 0 Å². The Morgan fingerprint density at radius 2 is 2.50 bits per heavy atom. The molecule has 3 heteroatoms. The quantitative estimate of drug-likeness (QED) is 0.721. The van der Waals surface area contributed by atoms with Gasteiger partial charge in [-0.25, -0.2) is 0 Å². The Bertz CT molecular complexity index is 254. The van der Waals surface area contributed by atoms with Crippen LogP contribution in [0.5, 0.6) is 0 Å². The van der Waals surface area contributed by atoms with Crippen molar-refractivity contribution in [3.63, 3.8) is 0 Å². The van der Waals surface area contributed by atoms with Gasteiger partial charge in [0.15, 0.2) is 0 Å². The van der Waals surface area contributed by atoms with Crippen LogP contribution < -0.4 is 0 Å². The Morgan fingerprint density at radius 1 is 1.71 bits per heavy atom. The second kappa shape index (κ2) is 6.36. The highest BCUT2D eigenvalue weighted by molar-refractivity contribution is 8.23. The zero-order valence-corrected chi connectivity index (χ0v) is 10.5. The molecule has 1 rings (SSSR count). The van der Waals surface area contributed by atoms with Gasteiger partial charge in [-0.1, -0.05) is 32.2 Å². The van der Waals surface area contributed by atoms with Crippen LogP contribution in [0.4, 0.5) is 0 Å².